The van der Waals surface area contributed by atoms with E-state index >= 15 is 0 Å². The van der Waals surface area contributed by atoms with Crippen molar-refractivity contribution in [2.45, 2.75) is 38.4 Å². The number of nitrogens with one attached hydrogen (secondary N) is 1. The van der Waals surface area contributed by atoms with Crippen LogP contribution >= 0.6 is 0 Å². The maximum atomic E-state index is 10.8. The molecule has 0 saturated carbocycles. The number of aliphatic hydroxyl groups is 1. The molecule has 1 aliphatic rings. The molecule has 1 saturated heterocycles. The van der Waals surface area contributed by atoms with Crippen LogP contribution in [0.1, 0.15) is 13.8 Å². The summed E-state index contributed by atoms with van der Waals surface area (Å²) >= 11 is 0. The zero-order valence-electron chi connectivity index (χ0n) is 7.98. The molecular formula is C8H15NO4. The third-order valence-electron chi connectivity index (χ3n) is 2.10. The molecule has 0 aromatic rings. The van der Waals surface area contributed by atoms with Gasteiger partial charge in [0.15, 0.2) is 6.29 Å². The number of carbonyl (C=O) groups is 1. The standard InChI is InChI=1S/C8H15NO4/c1-4-6(9-5(2)10)7(11)8(12-3)13-4/h4,6-8,11H,1-3H3,(H,9,10)/t4-,6+,7-,8-/m1/s1. The summed E-state index contributed by atoms with van der Waals surface area (Å²) in [4.78, 5) is 10.8. The lowest BCUT2D eigenvalue weighted by molar-refractivity contribution is -0.145. The Hall–Kier alpha value is -0.650. The van der Waals surface area contributed by atoms with Crippen molar-refractivity contribution in [2.24, 2.45) is 0 Å². The Morgan fingerprint density at radius 1 is 1.62 bits per heavy atom. The third kappa shape index (κ3) is 2.18. The molecule has 0 radical (unpaired) electrons. The second-order valence-corrected chi connectivity index (χ2v) is 3.16. The predicted octanol–water partition coefficient (Wildman–Crippen LogP) is -0.757. The molecule has 0 aliphatic carbocycles. The van der Waals surface area contributed by atoms with Crippen LogP contribution in [0.4, 0.5) is 0 Å². The van der Waals surface area contributed by atoms with E-state index in [1.54, 1.807) is 6.92 Å². The fraction of sp³-hybridized carbons (Fsp3) is 0.875. The normalized spacial score (nSPS) is 39.1. The molecule has 1 rings (SSSR count). The van der Waals surface area contributed by atoms with Gasteiger partial charge in [0, 0.05) is 14.0 Å². The molecule has 0 aromatic heterocycles. The van der Waals surface area contributed by atoms with E-state index in [9.17, 15) is 9.90 Å². The van der Waals surface area contributed by atoms with Gasteiger partial charge in [0.05, 0.1) is 12.1 Å². The number of hydrogen-bond acceptors (Lipinski definition) is 4. The van der Waals surface area contributed by atoms with Gasteiger partial charge in [-0.1, -0.05) is 0 Å². The predicted molar refractivity (Wildman–Crippen MR) is 45.0 cm³/mol. The fourth-order valence-electron chi connectivity index (χ4n) is 1.46. The highest BCUT2D eigenvalue weighted by molar-refractivity contribution is 5.73. The molecule has 0 bridgehead atoms. The highest BCUT2D eigenvalue weighted by atomic mass is 16.7. The van der Waals surface area contributed by atoms with E-state index < -0.39 is 12.4 Å². The van der Waals surface area contributed by atoms with Crippen LogP contribution in [-0.4, -0.2) is 42.7 Å². The summed E-state index contributed by atoms with van der Waals surface area (Å²) in [6.07, 6.45) is -1.68. The largest absolute Gasteiger partial charge is 0.386 e. The van der Waals surface area contributed by atoms with E-state index in [1.165, 1.54) is 14.0 Å². The summed E-state index contributed by atoms with van der Waals surface area (Å²) in [5.74, 6) is -0.184. The molecule has 0 unspecified atom stereocenters. The molecule has 4 atom stereocenters. The van der Waals surface area contributed by atoms with Crippen LogP contribution in [0.2, 0.25) is 0 Å². The smallest absolute Gasteiger partial charge is 0.217 e. The third-order valence-corrected chi connectivity index (χ3v) is 2.10. The van der Waals surface area contributed by atoms with Crippen molar-refractivity contribution < 1.29 is 19.4 Å². The monoisotopic (exact) mass is 189 g/mol. The van der Waals surface area contributed by atoms with E-state index in [4.69, 9.17) is 9.47 Å². The molecule has 1 fully saturated rings. The maximum absolute atomic E-state index is 10.8. The average molecular weight is 189 g/mol. The first kappa shape index (κ1) is 10.4. The minimum absolute atomic E-state index is 0.184. The van der Waals surface area contributed by atoms with Crippen LogP contribution in [0.25, 0.3) is 0 Å². The summed E-state index contributed by atoms with van der Waals surface area (Å²) in [7, 11) is 1.46. The van der Waals surface area contributed by atoms with Crippen molar-refractivity contribution >= 4 is 5.91 Å². The SMILES string of the molecule is CO[C@@H]1O[C@H](C)[C@H](NC(C)=O)[C@H]1O. The molecule has 5 nitrogen and oxygen atoms in total. The fourth-order valence-corrected chi connectivity index (χ4v) is 1.46. The van der Waals surface area contributed by atoms with Gasteiger partial charge in [-0.25, -0.2) is 0 Å². The van der Waals surface area contributed by atoms with Crippen LogP contribution < -0.4 is 5.32 Å². The molecule has 1 amide bonds. The van der Waals surface area contributed by atoms with Crippen molar-refractivity contribution in [3.8, 4) is 0 Å². The van der Waals surface area contributed by atoms with Gasteiger partial charge in [-0.2, -0.15) is 0 Å². The molecule has 5 heteroatoms. The van der Waals surface area contributed by atoms with E-state index in [1.807, 2.05) is 0 Å². The summed E-state index contributed by atoms with van der Waals surface area (Å²) < 4.78 is 10.1. The Morgan fingerprint density at radius 2 is 2.23 bits per heavy atom. The first-order valence-corrected chi connectivity index (χ1v) is 4.19. The Labute approximate surface area is 77.0 Å². The van der Waals surface area contributed by atoms with Crippen molar-refractivity contribution in [3.05, 3.63) is 0 Å². The Kier molecular flexibility index (Phi) is 3.24. The number of aliphatic hydroxyl groups excluding tert-OH is 1. The zero-order chi connectivity index (χ0) is 10.0. The maximum Gasteiger partial charge on any atom is 0.217 e. The van der Waals surface area contributed by atoms with Gasteiger partial charge in [0.25, 0.3) is 0 Å². The summed E-state index contributed by atoms with van der Waals surface area (Å²) in [6, 6.07) is -0.387. The number of amides is 1. The zero-order valence-corrected chi connectivity index (χ0v) is 7.98. The lowest BCUT2D eigenvalue weighted by atomic mass is 10.1. The Morgan fingerprint density at radius 3 is 2.62 bits per heavy atom. The number of methoxy groups -OCH3 is 1. The van der Waals surface area contributed by atoms with E-state index in [0.29, 0.717) is 0 Å². The molecule has 2 N–H and O–H groups in total. The Balaban J connectivity index is 2.58. The van der Waals surface area contributed by atoms with Gasteiger partial charge in [-0.3, -0.25) is 4.79 Å². The van der Waals surface area contributed by atoms with Crippen LogP contribution in [0, 0.1) is 0 Å². The molecule has 76 valence electrons. The summed E-state index contributed by atoms with van der Waals surface area (Å²) in [5.41, 5.74) is 0. The molecule has 1 heterocycles. The summed E-state index contributed by atoms with van der Waals surface area (Å²) in [6.45, 7) is 3.18. The van der Waals surface area contributed by atoms with Crippen molar-refractivity contribution in [2.75, 3.05) is 7.11 Å². The lowest BCUT2D eigenvalue weighted by Gasteiger charge is -2.17. The molecule has 0 spiro atoms. The first-order chi connectivity index (χ1) is 6.06. The quantitative estimate of drug-likeness (QED) is 0.599. The van der Waals surface area contributed by atoms with E-state index in [-0.39, 0.29) is 18.1 Å². The lowest BCUT2D eigenvalue weighted by Crippen LogP contribution is -2.46. The minimum atomic E-state index is -0.802. The van der Waals surface area contributed by atoms with Gasteiger partial charge in [-0.05, 0) is 6.92 Å². The minimum Gasteiger partial charge on any atom is -0.386 e. The number of hydrogen-bond donors (Lipinski definition) is 2. The second kappa shape index (κ2) is 4.04. The van der Waals surface area contributed by atoms with Gasteiger partial charge < -0.3 is 19.9 Å². The Bertz CT molecular complexity index is 197. The number of rotatable bonds is 2. The van der Waals surface area contributed by atoms with Gasteiger partial charge in [-0.15, -0.1) is 0 Å². The van der Waals surface area contributed by atoms with E-state index in [2.05, 4.69) is 5.32 Å². The van der Waals surface area contributed by atoms with Crippen LogP contribution in [0.3, 0.4) is 0 Å². The highest BCUT2D eigenvalue weighted by Gasteiger charge is 2.41. The number of ether oxygens (including phenoxy) is 2. The van der Waals surface area contributed by atoms with Crippen molar-refractivity contribution in [1.29, 1.82) is 0 Å². The van der Waals surface area contributed by atoms with Crippen molar-refractivity contribution in [1.82, 2.24) is 5.32 Å². The highest BCUT2D eigenvalue weighted by Crippen LogP contribution is 2.21. The van der Waals surface area contributed by atoms with Crippen LogP contribution in [0.5, 0.6) is 0 Å². The van der Waals surface area contributed by atoms with Crippen molar-refractivity contribution in [3.63, 3.8) is 0 Å². The average Bonchev–Trinajstić information content (AvgIpc) is 2.31. The van der Waals surface area contributed by atoms with E-state index in [0.717, 1.165) is 0 Å². The van der Waals surface area contributed by atoms with Crippen LogP contribution in [0.15, 0.2) is 0 Å². The topological polar surface area (TPSA) is 67.8 Å². The van der Waals surface area contributed by atoms with Gasteiger partial charge in [0.1, 0.15) is 6.10 Å². The first-order valence-electron chi connectivity index (χ1n) is 4.19. The molecule has 13 heavy (non-hydrogen) atoms. The van der Waals surface area contributed by atoms with Crippen LogP contribution in [-0.2, 0) is 14.3 Å². The molecule has 0 aromatic carbocycles. The second-order valence-electron chi connectivity index (χ2n) is 3.16. The molecular weight excluding hydrogens is 174 g/mol. The van der Waals surface area contributed by atoms with Gasteiger partial charge >= 0.3 is 0 Å². The molecule has 1 aliphatic heterocycles. The number of carbonyl (C=O) groups excluding carboxylic acids is 1. The summed E-state index contributed by atoms with van der Waals surface area (Å²) in [5, 5.41) is 12.2. The van der Waals surface area contributed by atoms with Gasteiger partial charge in [0.2, 0.25) is 5.91 Å².